The van der Waals surface area contributed by atoms with Crippen LogP contribution in [0.3, 0.4) is 0 Å². The van der Waals surface area contributed by atoms with Crippen LogP contribution in [0.25, 0.3) is 16.9 Å². The zero-order valence-electron chi connectivity index (χ0n) is 19.4. The van der Waals surface area contributed by atoms with E-state index < -0.39 is 11.7 Å². The Morgan fingerprint density at radius 3 is 2.73 bits per heavy atom. The summed E-state index contributed by atoms with van der Waals surface area (Å²) in [6.45, 7) is 1.28. The van der Waals surface area contributed by atoms with E-state index >= 15 is 0 Å². The summed E-state index contributed by atoms with van der Waals surface area (Å²) in [5.74, 6) is 0.787. The number of halogens is 3. The molecule has 188 valence electrons. The van der Waals surface area contributed by atoms with Crippen molar-refractivity contribution >= 4 is 11.6 Å². The molecular weight excluding hydrogens is 485 g/mol. The van der Waals surface area contributed by atoms with Crippen molar-refractivity contribution in [2.75, 3.05) is 18.5 Å². The maximum absolute atomic E-state index is 13.0. The van der Waals surface area contributed by atoms with Crippen LogP contribution in [0, 0.1) is 11.3 Å². The molecule has 0 spiro atoms. The molecule has 11 heteroatoms. The van der Waals surface area contributed by atoms with Crippen molar-refractivity contribution < 1.29 is 22.6 Å². The number of hydrogen-bond donors (Lipinski definition) is 1. The SMILES string of the molecule is N#Cc1cc(-c2ccnc(Nc3cnn(-c4cccc(C(F)(F)F)c4)c3)n2)ccc1OC1CCOCC1. The molecule has 3 heterocycles. The van der Waals surface area contributed by atoms with E-state index in [-0.39, 0.29) is 17.7 Å². The average molecular weight is 506 g/mol. The Labute approximate surface area is 210 Å². The van der Waals surface area contributed by atoms with Crippen LogP contribution in [-0.4, -0.2) is 39.1 Å². The van der Waals surface area contributed by atoms with Gasteiger partial charge >= 0.3 is 6.18 Å². The first-order valence-corrected chi connectivity index (χ1v) is 11.5. The van der Waals surface area contributed by atoms with Gasteiger partial charge in [-0.05, 0) is 42.5 Å². The lowest BCUT2D eigenvalue weighted by atomic mass is 10.1. The van der Waals surface area contributed by atoms with E-state index in [1.165, 1.54) is 23.0 Å². The fraction of sp³-hybridized carbons (Fsp3) is 0.231. The first-order chi connectivity index (χ1) is 17.9. The monoisotopic (exact) mass is 506 g/mol. The molecule has 0 aliphatic carbocycles. The molecule has 2 aromatic carbocycles. The topological polar surface area (TPSA) is 97.9 Å². The van der Waals surface area contributed by atoms with Crippen molar-refractivity contribution in [2.45, 2.75) is 25.1 Å². The van der Waals surface area contributed by atoms with Gasteiger partial charge in [-0.2, -0.15) is 23.5 Å². The molecule has 2 aromatic heterocycles. The molecule has 0 saturated carbocycles. The Kier molecular flexibility index (Phi) is 6.74. The first-order valence-electron chi connectivity index (χ1n) is 11.5. The van der Waals surface area contributed by atoms with E-state index in [0.717, 1.165) is 25.0 Å². The van der Waals surface area contributed by atoms with Crippen LogP contribution < -0.4 is 10.1 Å². The fourth-order valence-corrected chi connectivity index (χ4v) is 3.91. The van der Waals surface area contributed by atoms with Crippen molar-refractivity contribution in [3.8, 4) is 28.8 Å². The predicted octanol–water partition coefficient (Wildman–Crippen LogP) is 5.52. The Bertz CT molecular complexity index is 1440. The minimum absolute atomic E-state index is 0.0124. The Balaban J connectivity index is 1.33. The highest BCUT2D eigenvalue weighted by Gasteiger charge is 2.30. The highest BCUT2D eigenvalue weighted by atomic mass is 19.4. The van der Waals surface area contributed by atoms with Gasteiger partial charge in [0.15, 0.2) is 0 Å². The number of benzene rings is 2. The highest BCUT2D eigenvalue weighted by Crippen LogP contribution is 2.31. The zero-order valence-corrected chi connectivity index (χ0v) is 19.4. The standard InChI is InChI=1S/C26H21F3N6O2/c27-26(28,29)19-2-1-3-21(13-19)35-16-20(15-32-35)33-25-31-9-6-23(34-25)17-4-5-24(18(12-17)14-30)37-22-7-10-36-11-8-22/h1-6,9,12-13,15-16,22H,7-8,10-11H2,(H,31,33,34). The molecule has 1 N–H and O–H groups in total. The third-order valence-corrected chi connectivity index (χ3v) is 5.79. The zero-order chi connectivity index (χ0) is 25.8. The van der Waals surface area contributed by atoms with Crippen LogP contribution in [0.15, 0.2) is 67.1 Å². The van der Waals surface area contributed by atoms with Gasteiger partial charge in [-0.3, -0.25) is 0 Å². The van der Waals surface area contributed by atoms with Crippen molar-refractivity contribution in [1.29, 1.82) is 5.26 Å². The van der Waals surface area contributed by atoms with Crippen molar-refractivity contribution in [1.82, 2.24) is 19.7 Å². The van der Waals surface area contributed by atoms with Crippen LogP contribution in [-0.2, 0) is 10.9 Å². The minimum atomic E-state index is -4.45. The molecule has 5 rings (SSSR count). The number of aromatic nitrogens is 4. The molecule has 8 nitrogen and oxygen atoms in total. The molecule has 0 bridgehead atoms. The van der Waals surface area contributed by atoms with Gasteiger partial charge in [0.05, 0.1) is 53.8 Å². The molecular formula is C26H21F3N6O2. The van der Waals surface area contributed by atoms with E-state index in [1.807, 2.05) is 6.07 Å². The van der Waals surface area contributed by atoms with Gasteiger partial charge in [-0.15, -0.1) is 0 Å². The first kappa shape index (κ1) is 24.3. The maximum atomic E-state index is 13.0. The quantitative estimate of drug-likeness (QED) is 0.368. The molecule has 4 aromatic rings. The molecule has 0 radical (unpaired) electrons. The van der Waals surface area contributed by atoms with Crippen LogP contribution in [0.5, 0.6) is 5.75 Å². The summed E-state index contributed by atoms with van der Waals surface area (Å²) in [5, 5.41) is 16.8. The Morgan fingerprint density at radius 2 is 1.95 bits per heavy atom. The smallest absolute Gasteiger partial charge is 0.416 e. The van der Waals surface area contributed by atoms with Crippen molar-refractivity contribution in [3.63, 3.8) is 0 Å². The number of nitriles is 1. The lowest BCUT2D eigenvalue weighted by Gasteiger charge is -2.23. The molecule has 0 amide bonds. The minimum Gasteiger partial charge on any atom is -0.489 e. The second-order valence-corrected chi connectivity index (χ2v) is 8.36. The van der Waals surface area contributed by atoms with Gasteiger partial charge in [-0.25, -0.2) is 14.6 Å². The highest BCUT2D eigenvalue weighted by molar-refractivity contribution is 5.65. The lowest BCUT2D eigenvalue weighted by Crippen LogP contribution is -2.26. The largest absolute Gasteiger partial charge is 0.489 e. The number of hydrogen-bond acceptors (Lipinski definition) is 7. The normalized spacial score (nSPS) is 14.2. The third kappa shape index (κ3) is 5.70. The molecule has 1 saturated heterocycles. The van der Waals surface area contributed by atoms with Gasteiger partial charge in [0.25, 0.3) is 0 Å². The number of nitrogens with zero attached hydrogens (tertiary/aromatic N) is 5. The Morgan fingerprint density at radius 1 is 1.11 bits per heavy atom. The second-order valence-electron chi connectivity index (χ2n) is 8.36. The summed E-state index contributed by atoms with van der Waals surface area (Å²) in [4.78, 5) is 8.73. The van der Waals surface area contributed by atoms with E-state index in [0.29, 0.717) is 41.5 Å². The second kappa shape index (κ2) is 10.3. The lowest BCUT2D eigenvalue weighted by molar-refractivity contribution is -0.137. The molecule has 0 atom stereocenters. The summed E-state index contributed by atoms with van der Waals surface area (Å²) in [6.07, 6.45) is 1.70. The average Bonchev–Trinajstić information content (AvgIpc) is 3.38. The van der Waals surface area contributed by atoms with E-state index in [4.69, 9.17) is 9.47 Å². The Hall–Kier alpha value is -4.43. The number of anilines is 2. The summed E-state index contributed by atoms with van der Waals surface area (Å²) in [6, 6.07) is 14.1. The predicted molar refractivity (Wildman–Crippen MR) is 129 cm³/mol. The van der Waals surface area contributed by atoms with Gasteiger partial charge in [0, 0.05) is 24.6 Å². The fourth-order valence-electron chi connectivity index (χ4n) is 3.91. The molecule has 1 fully saturated rings. The maximum Gasteiger partial charge on any atom is 0.416 e. The van der Waals surface area contributed by atoms with Crippen LogP contribution in [0.1, 0.15) is 24.0 Å². The van der Waals surface area contributed by atoms with Gasteiger partial charge < -0.3 is 14.8 Å². The van der Waals surface area contributed by atoms with Crippen molar-refractivity contribution in [3.05, 3.63) is 78.2 Å². The summed E-state index contributed by atoms with van der Waals surface area (Å²) >= 11 is 0. The van der Waals surface area contributed by atoms with E-state index in [9.17, 15) is 18.4 Å². The van der Waals surface area contributed by atoms with Gasteiger partial charge in [0.2, 0.25) is 5.95 Å². The van der Waals surface area contributed by atoms with Crippen LogP contribution >= 0.6 is 0 Å². The summed E-state index contributed by atoms with van der Waals surface area (Å²) in [5.41, 5.74) is 1.70. The molecule has 37 heavy (non-hydrogen) atoms. The summed E-state index contributed by atoms with van der Waals surface area (Å²) < 4.78 is 51.8. The van der Waals surface area contributed by atoms with Crippen LogP contribution in [0.4, 0.5) is 24.8 Å². The van der Waals surface area contributed by atoms with Gasteiger partial charge in [0.1, 0.15) is 17.9 Å². The third-order valence-electron chi connectivity index (χ3n) is 5.79. The molecule has 1 aliphatic heterocycles. The number of rotatable bonds is 6. The van der Waals surface area contributed by atoms with E-state index in [2.05, 4.69) is 26.5 Å². The molecule has 0 unspecified atom stereocenters. The molecule has 1 aliphatic rings. The van der Waals surface area contributed by atoms with Crippen LogP contribution in [0.2, 0.25) is 0 Å². The van der Waals surface area contributed by atoms with Crippen molar-refractivity contribution in [2.24, 2.45) is 0 Å². The number of nitrogens with one attached hydrogen (secondary N) is 1. The summed E-state index contributed by atoms with van der Waals surface area (Å²) in [7, 11) is 0. The number of alkyl halides is 3. The van der Waals surface area contributed by atoms with Gasteiger partial charge in [-0.1, -0.05) is 6.07 Å². The van der Waals surface area contributed by atoms with E-state index in [1.54, 1.807) is 30.6 Å². The number of ether oxygens (including phenoxy) is 2.